The Morgan fingerprint density at radius 1 is 1.21 bits per heavy atom. The number of halogens is 2. The van der Waals surface area contributed by atoms with Crippen LogP contribution < -0.4 is 5.32 Å². The van der Waals surface area contributed by atoms with Gasteiger partial charge in [-0.25, -0.2) is 4.68 Å². The number of amides is 1. The standard InChI is InChI=1S/C20H18Cl2N4O2/c1-13-8-9-15(21)10-18(13)24-19(27)12-28-23-11-17-14(2)25-26(20(17)22)16-6-4-3-5-7-16/h3-11H,12H2,1-2H3,(H,24,27)/b23-11+. The van der Waals surface area contributed by atoms with Gasteiger partial charge in [-0.15, -0.1) is 0 Å². The first-order chi connectivity index (χ1) is 13.5. The number of hydrogen-bond donors (Lipinski definition) is 1. The number of anilines is 1. The van der Waals surface area contributed by atoms with Gasteiger partial charge in [-0.1, -0.05) is 52.6 Å². The molecule has 3 rings (SSSR count). The van der Waals surface area contributed by atoms with Gasteiger partial charge in [0.05, 0.1) is 23.2 Å². The van der Waals surface area contributed by atoms with Crippen molar-refractivity contribution in [3.8, 4) is 5.69 Å². The molecule has 0 atom stereocenters. The highest BCUT2D eigenvalue weighted by atomic mass is 35.5. The molecule has 0 saturated carbocycles. The van der Waals surface area contributed by atoms with Crippen molar-refractivity contribution >= 4 is 41.0 Å². The predicted octanol–water partition coefficient (Wildman–Crippen LogP) is 4.79. The highest BCUT2D eigenvalue weighted by Gasteiger charge is 2.13. The van der Waals surface area contributed by atoms with Crippen LogP contribution in [0.3, 0.4) is 0 Å². The SMILES string of the molecule is Cc1ccc(Cl)cc1NC(=O)CO/N=C/c1c(C)nn(-c2ccccc2)c1Cl. The van der Waals surface area contributed by atoms with E-state index in [0.717, 1.165) is 11.3 Å². The summed E-state index contributed by atoms with van der Waals surface area (Å²) in [6.45, 7) is 3.45. The summed E-state index contributed by atoms with van der Waals surface area (Å²) in [5, 5.41) is 11.9. The van der Waals surface area contributed by atoms with Crippen molar-refractivity contribution in [1.82, 2.24) is 9.78 Å². The molecule has 0 unspecified atom stereocenters. The Balaban J connectivity index is 1.61. The van der Waals surface area contributed by atoms with Gasteiger partial charge in [0.25, 0.3) is 5.91 Å². The molecule has 3 aromatic rings. The summed E-state index contributed by atoms with van der Waals surface area (Å²) in [5.41, 5.74) is 3.69. The Hall–Kier alpha value is -2.83. The number of aryl methyl sites for hydroxylation is 2. The van der Waals surface area contributed by atoms with Gasteiger partial charge >= 0.3 is 0 Å². The normalized spacial score (nSPS) is 11.0. The molecule has 144 valence electrons. The summed E-state index contributed by atoms with van der Waals surface area (Å²) < 4.78 is 1.62. The molecule has 0 spiro atoms. The molecule has 0 fully saturated rings. The zero-order chi connectivity index (χ0) is 20.1. The van der Waals surface area contributed by atoms with Crippen molar-refractivity contribution in [3.05, 3.63) is 75.5 Å². The molecule has 0 aliphatic carbocycles. The van der Waals surface area contributed by atoms with Gasteiger partial charge in [-0.2, -0.15) is 5.10 Å². The van der Waals surface area contributed by atoms with Crippen molar-refractivity contribution in [2.24, 2.45) is 5.16 Å². The molecule has 28 heavy (non-hydrogen) atoms. The monoisotopic (exact) mass is 416 g/mol. The van der Waals surface area contributed by atoms with E-state index in [1.807, 2.05) is 50.2 Å². The van der Waals surface area contributed by atoms with Crippen LogP contribution >= 0.6 is 23.2 Å². The number of para-hydroxylation sites is 1. The number of benzene rings is 2. The lowest BCUT2D eigenvalue weighted by molar-refractivity contribution is -0.120. The van der Waals surface area contributed by atoms with Crippen LogP contribution in [0.1, 0.15) is 16.8 Å². The van der Waals surface area contributed by atoms with E-state index in [1.54, 1.807) is 16.8 Å². The number of oxime groups is 1. The summed E-state index contributed by atoms with van der Waals surface area (Å²) in [4.78, 5) is 17.1. The molecule has 0 radical (unpaired) electrons. The minimum Gasteiger partial charge on any atom is -0.386 e. The number of aromatic nitrogens is 2. The highest BCUT2D eigenvalue weighted by molar-refractivity contribution is 6.32. The van der Waals surface area contributed by atoms with Gasteiger partial charge in [0, 0.05) is 10.7 Å². The van der Waals surface area contributed by atoms with Crippen molar-refractivity contribution in [1.29, 1.82) is 0 Å². The van der Waals surface area contributed by atoms with E-state index in [4.69, 9.17) is 28.0 Å². The van der Waals surface area contributed by atoms with Crippen molar-refractivity contribution in [2.75, 3.05) is 11.9 Å². The summed E-state index contributed by atoms with van der Waals surface area (Å²) >= 11 is 12.4. The summed E-state index contributed by atoms with van der Waals surface area (Å²) in [6.07, 6.45) is 1.45. The second kappa shape index (κ2) is 8.91. The van der Waals surface area contributed by atoms with E-state index >= 15 is 0 Å². The van der Waals surface area contributed by atoms with Crippen molar-refractivity contribution in [3.63, 3.8) is 0 Å². The van der Waals surface area contributed by atoms with E-state index in [2.05, 4.69) is 15.6 Å². The van der Waals surface area contributed by atoms with Gasteiger partial charge in [-0.3, -0.25) is 4.79 Å². The van der Waals surface area contributed by atoms with E-state index in [0.29, 0.717) is 27.1 Å². The van der Waals surface area contributed by atoms with E-state index in [1.165, 1.54) is 6.21 Å². The lowest BCUT2D eigenvalue weighted by Crippen LogP contribution is -2.17. The molecule has 6 nitrogen and oxygen atoms in total. The van der Waals surface area contributed by atoms with Gasteiger partial charge in [-0.05, 0) is 43.7 Å². The van der Waals surface area contributed by atoms with E-state index in [9.17, 15) is 4.79 Å². The Bertz CT molecular complexity index is 1020. The number of hydrogen-bond acceptors (Lipinski definition) is 4. The maximum absolute atomic E-state index is 12.0. The van der Waals surface area contributed by atoms with Crippen LogP contribution in [0, 0.1) is 13.8 Å². The summed E-state index contributed by atoms with van der Waals surface area (Å²) in [5.74, 6) is -0.342. The van der Waals surface area contributed by atoms with Gasteiger partial charge in [0.2, 0.25) is 0 Å². The van der Waals surface area contributed by atoms with E-state index in [-0.39, 0.29) is 12.5 Å². The molecule has 2 aromatic carbocycles. The lowest BCUT2D eigenvalue weighted by Gasteiger charge is -2.07. The molecule has 0 saturated heterocycles. The van der Waals surface area contributed by atoms with Crippen LogP contribution in [0.5, 0.6) is 0 Å². The zero-order valence-corrected chi connectivity index (χ0v) is 16.8. The molecule has 0 aliphatic rings. The number of nitrogens with zero attached hydrogens (tertiary/aromatic N) is 3. The van der Waals surface area contributed by atoms with Crippen LogP contribution in [-0.4, -0.2) is 28.5 Å². The average molecular weight is 417 g/mol. The van der Waals surface area contributed by atoms with Gasteiger partial charge < -0.3 is 10.2 Å². The smallest absolute Gasteiger partial charge is 0.265 e. The van der Waals surface area contributed by atoms with Crippen LogP contribution in [0.2, 0.25) is 10.2 Å². The van der Waals surface area contributed by atoms with Crippen LogP contribution in [0.25, 0.3) is 5.69 Å². The van der Waals surface area contributed by atoms with Gasteiger partial charge in [0.15, 0.2) is 6.61 Å². The molecule has 1 N–H and O–H groups in total. The molecular formula is C20H18Cl2N4O2. The molecule has 8 heteroatoms. The van der Waals surface area contributed by atoms with Crippen LogP contribution in [0.4, 0.5) is 5.69 Å². The maximum atomic E-state index is 12.0. The molecule has 1 heterocycles. The first-order valence-corrected chi connectivity index (χ1v) is 9.23. The minimum atomic E-state index is -0.342. The van der Waals surface area contributed by atoms with E-state index < -0.39 is 0 Å². The molecule has 0 bridgehead atoms. The zero-order valence-electron chi connectivity index (χ0n) is 15.3. The number of carbonyl (C=O) groups is 1. The highest BCUT2D eigenvalue weighted by Crippen LogP contribution is 2.22. The predicted molar refractivity (Wildman–Crippen MR) is 112 cm³/mol. The molecule has 0 aliphatic heterocycles. The number of carbonyl (C=O) groups excluding carboxylic acids is 1. The summed E-state index contributed by atoms with van der Waals surface area (Å²) in [7, 11) is 0. The minimum absolute atomic E-state index is 0.244. The Labute approximate surface area is 172 Å². The third kappa shape index (κ3) is 4.71. The molecule has 1 amide bonds. The average Bonchev–Trinajstić information content (AvgIpc) is 2.96. The third-order valence-electron chi connectivity index (χ3n) is 3.97. The number of nitrogens with one attached hydrogen (secondary N) is 1. The Morgan fingerprint density at radius 2 is 1.96 bits per heavy atom. The lowest BCUT2D eigenvalue weighted by atomic mass is 10.2. The quantitative estimate of drug-likeness (QED) is 0.464. The summed E-state index contributed by atoms with van der Waals surface area (Å²) in [6, 6.07) is 14.8. The fraction of sp³-hybridized carbons (Fsp3) is 0.150. The fourth-order valence-corrected chi connectivity index (χ4v) is 2.99. The molecular weight excluding hydrogens is 399 g/mol. The fourth-order valence-electron chi connectivity index (χ4n) is 2.50. The Morgan fingerprint density at radius 3 is 2.71 bits per heavy atom. The van der Waals surface area contributed by atoms with Crippen LogP contribution in [-0.2, 0) is 9.63 Å². The van der Waals surface area contributed by atoms with Crippen LogP contribution in [0.15, 0.2) is 53.7 Å². The van der Waals surface area contributed by atoms with Crippen molar-refractivity contribution in [2.45, 2.75) is 13.8 Å². The maximum Gasteiger partial charge on any atom is 0.265 e. The van der Waals surface area contributed by atoms with Crippen molar-refractivity contribution < 1.29 is 9.63 Å². The number of rotatable bonds is 6. The van der Waals surface area contributed by atoms with Gasteiger partial charge in [0.1, 0.15) is 5.15 Å². The topological polar surface area (TPSA) is 68.5 Å². The first kappa shape index (κ1) is 19.9. The second-order valence-corrected chi connectivity index (χ2v) is 6.85. The molecule has 1 aromatic heterocycles. The first-order valence-electron chi connectivity index (χ1n) is 8.47. The third-order valence-corrected chi connectivity index (χ3v) is 4.57. The Kier molecular flexibility index (Phi) is 6.34. The largest absolute Gasteiger partial charge is 0.386 e. The second-order valence-electron chi connectivity index (χ2n) is 6.05.